The van der Waals surface area contributed by atoms with Gasteiger partial charge in [-0.1, -0.05) is 12.1 Å². The lowest BCUT2D eigenvalue weighted by atomic mass is 9.99. The van der Waals surface area contributed by atoms with Crippen LogP contribution in [0.3, 0.4) is 0 Å². The van der Waals surface area contributed by atoms with E-state index in [-0.39, 0.29) is 23.5 Å². The van der Waals surface area contributed by atoms with Crippen LogP contribution in [0.1, 0.15) is 30.5 Å². The first-order chi connectivity index (χ1) is 15.5. The number of benzene rings is 2. The number of allylic oxidation sites excluding steroid dienone is 1. The van der Waals surface area contributed by atoms with E-state index in [1.165, 1.54) is 17.2 Å². The second kappa shape index (κ2) is 8.31. The molecule has 7 heteroatoms. The van der Waals surface area contributed by atoms with Gasteiger partial charge in [-0.05, 0) is 68.6 Å². The first kappa shape index (κ1) is 20.6. The monoisotopic (exact) mass is 433 g/mol. The van der Waals surface area contributed by atoms with Gasteiger partial charge in [0, 0.05) is 41.3 Å². The Labute approximate surface area is 186 Å². The fraction of sp³-hybridized carbons (Fsp3) is 0.280. The molecule has 0 saturated heterocycles. The predicted octanol–water partition coefficient (Wildman–Crippen LogP) is 5.10. The lowest BCUT2D eigenvalue weighted by Gasteiger charge is -2.30. The number of nitrogens with zero attached hydrogens (tertiary/aromatic N) is 3. The number of rotatable bonds is 4. The number of aromatic nitrogens is 2. The Morgan fingerprint density at radius 2 is 1.97 bits per heavy atom. The van der Waals surface area contributed by atoms with Crippen LogP contribution in [0.5, 0.6) is 0 Å². The highest BCUT2D eigenvalue weighted by Crippen LogP contribution is 2.35. The molecule has 1 aromatic heterocycles. The molecule has 5 rings (SSSR count). The molecule has 0 amide bonds. The summed E-state index contributed by atoms with van der Waals surface area (Å²) in [6.07, 6.45) is 6.52. The Morgan fingerprint density at radius 3 is 2.81 bits per heavy atom. The summed E-state index contributed by atoms with van der Waals surface area (Å²) in [7, 11) is 0. The van der Waals surface area contributed by atoms with Crippen molar-refractivity contribution in [3.8, 4) is 11.3 Å². The number of fused-ring (bicyclic) bond motifs is 2. The number of hydrogen-bond donors (Lipinski definition) is 2. The minimum atomic E-state index is -0.591. The summed E-state index contributed by atoms with van der Waals surface area (Å²) in [6.45, 7) is 5.86. The maximum Gasteiger partial charge on any atom is 0.227 e. The Balaban J connectivity index is 1.50. The van der Waals surface area contributed by atoms with Crippen LogP contribution in [0.25, 0.3) is 11.3 Å². The van der Waals surface area contributed by atoms with E-state index < -0.39 is 5.82 Å². The lowest BCUT2D eigenvalue weighted by molar-refractivity contribution is 0.608. The molecule has 2 aromatic carbocycles. The largest absolute Gasteiger partial charge is 0.345 e. The molecule has 0 radical (unpaired) electrons. The van der Waals surface area contributed by atoms with Gasteiger partial charge in [-0.3, -0.25) is 0 Å². The first-order valence-electron chi connectivity index (χ1n) is 10.9. The highest BCUT2D eigenvalue weighted by Gasteiger charge is 2.22. The van der Waals surface area contributed by atoms with Gasteiger partial charge >= 0.3 is 0 Å². The SMILES string of the molecule is CC(C)N1C=CCc2c(F)cc(-c3nc(Nc4ccc5c(c4)CNCC5)ncc3F)cc21. The average Bonchev–Trinajstić information content (AvgIpc) is 2.79. The van der Waals surface area contributed by atoms with Crippen molar-refractivity contribution < 1.29 is 8.78 Å². The number of nitrogens with one attached hydrogen (secondary N) is 2. The van der Waals surface area contributed by atoms with Crippen molar-refractivity contribution in [1.29, 1.82) is 0 Å². The smallest absolute Gasteiger partial charge is 0.227 e. The molecule has 3 heterocycles. The average molecular weight is 434 g/mol. The van der Waals surface area contributed by atoms with Crippen molar-refractivity contribution in [1.82, 2.24) is 15.3 Å². The quantitative estimate of drug-likeness (QED) is 0.600. The zero-order valence-corrected chi connectivity index (χ0v) is 18.1. The molecule has 2 N–H and O–H groups in total. The molecule has 0 saturated carbocycles. The van der Waals surface area contributed by atoms with Gasteiger partial charge in [0.15, 0.2) is 5.82 Å². The molecule has 32 heavy (non-hydrogen) atoms. The van der Waals surface area contributed by atoms with Crippen molar-refractivity contribution >= 4 is 17.3 Å². The van der Waals surface area contributed by atoms with Crippen LogP contribution in [0.15, 0.2) is 48.8 Å². The van der Waals surface area contributed by atoms with Crippen molar-refractivity contribution in [2.75, 3.05) is 16.8 Å². The van der Waals surface area contributed by atoms with Crippen LogP contribution in [-0.4, -0.2) is 22.6 Å². The van der Waals surface area contributed by atoms with E-state index in [9.17, 15) is 8.78 Å². The summed E-state index contributed by atoms with van der Waals surface area (Å²) in [5.74, 6) is -0.682. The first-order valence-corrected chi connectivity index (χ1v) is 10.9. The van der Waals surface area contributed by atoms with Gasteiger partial charge in [-0.15, -0.1) is 0 Å². The number of halogens is 2. The molecule has 2 aliphatic heterocycles. The minimum absolute atomic E-state index is 0.0714. The van der Waals surface area contributed by atoms with Gasteiger partial charge in [0.1, 0.15) is 11.5 Å². The number of anilines is 3. The summed E-state index contributed by atoms with van der Waals surface area (Å²) in [4.78, 5) is 10.5. The van der Waals surface area contributed by atoms with Gasteiger partial charge in [0.25, 0.3) is 0 Å². The summed E-state index contributed by atoms with van der Waals surface area (Å²) >= 11 is 0. The second-order valence-corrected chi connectivity index (χ2v) is 8.47. The second-order valence-electron chi connectivity index (χ2n) is 8.47. The Bertz CT molecular complexity index is 1210. The zero-order chi connectivity index (χ0) is 22.2. The summed E-state index contributed by atoms with van der Waals surface area (Å²) in [6, 6.07) is 9.43. The fourth-order valence-electron chi connectivity index (χ4n) is 4.32. The normalized spacial score (nSPS) is 15.0. The van der Waals surface area contributed by atoms with E-state index in [2.05, 4.69) is 32.7 Å². The van der Waals surface area contributed by atoms with E-state index in [4.69, 9.17) is 0 Å². The third-order valence-corrected chi connectivity index (χ3v) is 5.96. The minimum Gasteiger partial charge on any atom is -0.345 e. The van der Waals surface area contributed by atoms with Crippen molar-refractivity contribution in [3.63, 3.8) is 0 Å². The molecule has 0 spiro atoms. The summed E-state index contributed by atoms with van der Waals surface area (Å²) in [5.41, 5.74) is 5.19. The van der Waals surface area contributed by atoms with Crippen molar-refractivity contribution in [2.24, 2.45) is 0 Å². The van der Waals surface area contributed by atoms with E-state index in [0.717, 1.165) is 37.1 Å². The lowest BCUT2D eigenvalue weighted by Crippen LogP contribution is -2.28. The zero-order valence-electron chi connectivity index (χ0n) is 18.1. The molecule has 164 valence electrons. The molecular weight excluding hydrogens is 408 g/mol. The van der Waals surface area contributed by atoms with E-state index in [1.54, 1.807) is 0 Å². The van der Waals surface area contributed by atoms with E-state index >= 15 is 0 Å². The van der Waals surface area contributed by atoms with Crippen LogP contribution in [0.2, 0.25) is 0 Å². The van der Waals surface area contributed by atoms with Crippen LogP contribution < -0.4 is 15.5 Å². The van der Waals surface area contributed by atoms with Crippen LogP contribution in [0, 0.1) is 11.6 Å². The maximum atomic E-state index is 14.9. The predicted molar refractivity (Wildman–Crippen MR) is 123 cm³/mol. The Morgan fingerprint density at radius 1 is 1.09 bits per heavy atom. The van der Waals surface area contributed by atoms with E-state index in [1.807, 2.05) is 43.2 Å². The highest BCUT2D eigenvalue weighted by molar-refractivity contribution is 5.72. The van der Waals surface area contributed by atoms with Crippen molar-refractivity contribution in [2.45, 2.75) is 39.3 Å². The molecular formula is C25H25F2N5. The number of hydrogen-bond acceptors (Lipinski definition) is 5. The molecule has 0 aliphatic carbocycles. The van der Waals surface area contributed by atoms with Gasteiger partial charge in [0.05, 0.1) is 6.20 Å². The van der Waals surface area contributed by atoms with Crippen LogP contribution >= 0.6 is 0 Å². The highest BCUT2D eigenvalue weighted by atomic mass is 19.1. The maximum absolute atomic E-state index is 14.9. The topological polar surface area (TPSA) is 53.1 Å². The molecule has 0 bridgehead atoms. The fourth-order valence-corrected chi connectivity index (χ4v) is 4.32. The van der Waals surface area contributed by atoms with Crippen LogP contribution in [0.4, 0.5) is 26.1 Å². The molecule has 0 unspecified atom stereocenters. The van der Waals surface area contributed by atoms with Crippen LogP contribution in [-0.2, 0) is 19.4 Å². The van der Waals surface area contributed by atoms with Gasteiger partial charge in [-0.25, -0.2) is 18.7 Å². The van der Waals surface area contributed by atoms with Gasteiger partial charge in [-0.2, -0.15) is 0 Å². The van der Waals surface area contributed by atoms with Gasteiger partial charge < -0.3 is 15.5 Å². The van der Waals surface area contributed by atoms with Crippen molar-refractivity contribution in [3.05, 3.63) is 77.1 Å². The third-order valence-electron chi connectivity index (χ3n) is 5.96. The standard InChI is InChI=1S/C25H25F2N5/c1-15(2)32-9-3-4-20-21(26)11-17(12-23(20)32)24-22(27)14-29-25(31-24)30-19-6-5-16-7-8-28-13-18(16)10-19/h3,5-6,9-12,14-15,28H,4,7-8,13H2,1-2H3,(H,29,30,31). The summed E-state index contributed by atoms with van der Waals surface area (Å²) in [5, 5.41) is 6.52. The van der Waals surface area contributed by atoms with Gasteiger partial charge in [0.2, 0.25) is 5.95 Å². The molecule has 3 aromatic rings. The molecule has 0 fully saturated rings. The molecule has 0 atom stereocenters. The molecule has 2 aliphatic rings. The Kier molecular flexibility index (Phi) is 5.35. The summed E-state index contributed by atoms with van der Waals surface area (Å²) < 4.78 is 29.7. The third kappa shape index (κ3) is 3.84. The molecule has 5 nitrogen and oxygen atoms in total. The van der Waals surface area contributed by atoms with E-state index in [0.29, 0.717) is 17.5 Å². The Hall–Kier alpha value is -3.32.